The summed E-state index contributed by atoms with van der Waals surface area (Å²) in [5.41, 5.74) is 0.339. The molecule has 0 heterocycles. The SMILES string of the molecule is CC(C)(C)C1CC=C[C@H](O)C1. The number of aliphatic hydroxyl groups is 1. The van der Waals surface area contributed by atoms with E-state index in [-0.39, 0.29) is 6.10 Å². The van der Waals surface area contributed by atoms with Crippen LogP contribution in [0.2, 0.25) is 0 Å². The molecule has 0 aromatic rings. The fraction of sp³-hybridized carbons (Fsp3) is 0.800. The van der Waals surface area contributed by atoms with E-state index in [1.807, 2.05) is 6.08 Å². The molecule has 0 saturated carbocycles. The van der Waals surface area contributed by atoms with Crippen molar-refractivity contribution in [3.05, 3.63) is 12.2 Å². The zero-order valence-electron chi connectivity index (χ0n) is 7.67. The second kappa shape index (κ2) is 2.98. The minimum absolute atomic E-state index is 0.201. The van der Waals surface area contributed by atoms with Crippen molar-refractivity contribution in [1.29, 1.82) is 0 Å². The summed E-state index contributed by atoms with van der Waals surface area (Å²) in [5, 5.41) is 9.36. The molecule has 0 aromatic heterocycles. The third-order valence-electron chi connectivity index (χ3n) is 2.53. The van der Waals surface area contributed by atoms with Gasteiger partial charge in [0.15, 0.2) is 0 Å². The molecule has 11 heavy (non-hydrogen) atoms. The lowest BCUT2D eigenvalue weighted by Crippen LogP contribution is -2.26. The van der Waals surface area contributed by atoms with Crippen molar-refractivity contribution in [1.82, 2.24) is 0 Å². The lowest BCUT2D eigenvalue weighted by molar-refractivity contribution is 0.124. The Morgan fingerprint density at radius 1 is 1.36 bits per heavy atom. The van der Waals surface area contributed by atoms with Crippen molar-refractivity contribution in [2.45, 2.75) is 39.7 Å². The number of hydrogen-bond acceptors (Lipinski definition) is 1. The first kappa shape index (κ1) is 8.79. The first-order valence-electron chi connectivity index (χ1n) is 4.35. The number of allylic oxidation sites excluding steroid dienone is 1. The molecular formula is C10H18O. The topological polar surface area (TPSA) is 20.2 Å². The van der Waals surface area contributed by atoms with Crippen LogP contribution in [-0.4, -0.2) is 11.2 Å². The minimum Gasteiger partial charge on any atom is -0.389 e. The Bertz CT molecular complexity index is 153. The Kier molecular flexibility index (Phi) is 2.38. The smallest absolute Gasteiger partial charge is 0.0723 e. The van der Waals surface area contributed by atoms with Crippen molar-refractivity contribution < 1.29 is 5.11 Å². The van der Waals surface area contributed by atoms with Crippen molar-refractivity contribution in [3.63, 3.8) is 0 Å². The normalized spacial score (nSPS) is 32.4. The standard InChI is InChI=1S/C10H18O/c1-10(2,3)8-5-4-6-9(11)7-8/h4,6,8-9,11H,5,7H2,1-3H3/t8?,9-/m0/s1. The van der Waals surface area contributed by atoms with E-state index >= 15 is 0 Å². The van der Waals surface area contributed by atoms with Crippen molar-refractivity contribution >= 4 is 0 Å². The molecule has 1 unspecified atom stereocenters. The summed E-state index contributed by atoms with van der Waals surface area (Å²) in [5.74, 6) is 0.641. The molecule has 0 spiro atoms. The van der Waals surface area contributed by atoms with Crippen LogP contribution in [0.1, 0.15) is 33.6 Å². The summed E-state index contributed by atoms with van der Waals surface area (Å²) in [6.07, 6.45) is 5.86. The molecule has 1 aliphatic rings. The summed E-state index contributed by atoms with van der Waals surface area (Å²) < 4.78 is 0. The van der Waals surface area contributed by atoms with Crippen molar-refractivity contribution in [3.8, 4) is 0 Å². The zero-order chi connectivity index (χ0) is 8.48. The number of aliphatic hydroxyl groups excluding tert-OH is 1. The van der Waals surface area contributed by atoms with Crippen molar-refractivity contribution in [2.75, 3.05) is 0 Å². The monoisotopic (exact) mass is 154 g/mol. The highest BCUT2D eigenvalue weighted by Crippen LogP contribution is 2.34. The van der Waals surface area contributed by atoms with Gasteiger partial charge in [-0.05, 0) is 24.2 Å². The van der Waals surface area contributed by atoms with Gasteiger partial charge >= 0.3 is 0 Å². The molecule has 1 N–H and O–H groups in total. The second-order valence-corrected chi connectivity index (χ2v) is 4.53. The fourth-order valence-electron chi connectivity index (χ4n) is 1.57. The van der Waals surface area contributed by atoms with E-state index in [1.54, 1.807) is 0 Å². The van der Waals surface area contributed by atoms with E-state index in [1.165, 1.54) is 0 Å². The summed E-state index contributed by atoms with van der Waals surface area (Å²) in [7, 11) is 0. The van der Waals surface area contributed by atoms with E-state index < -0.39 is 0 Å². The van der Waals surface area contributed by atoms with E-state index in [9.17, 15) is 5.11 Å². The molecule has 1 aliphatic carbocycles. The Hall–Kier alpha value is -0.300. The molecule has 0 fully saturated rings. The molecule has 0 aliphatic heterocycles. The minimum atomic E-state index is -0.201. The van der Waals surface area contributed by atoms with Gasteiger partial charge in [0, 0.05) is 0 Å². The predicted molar refractivity (Wildman–Crippen MR) is 47.3 cm³/mol. The van der Waals surface area contributed by atoms with Crippen LogP contribution in [-0.2, 0) is 0 Å². The molecule has 1 nitrogen and oxygen atoms in total. The van der Waals surface area contributed by atoms with E-state index in [0.29, 0.717) is 11.3 Å². The zero-order valence-corrected chi connectivity index (χ0v) is 7.67. The quantitative estimate of drug-likeness (QED) is 0.531. The Morgan fingerprint density at radius 2 is 2.00 bits per heavy atom. The number of hydrogen-bond donors (Lipinski definition) is 1. The molecule has 2 atom stereocenters. The van der Waals surface area contributed by atoms with Gasteiger partial charge in [0.05, 0.1) is 6.10 Å². The first-order valence-corrected chi connectivity index (χ1v) is 4.35. The van der Waals surface area contributed by atoms with Gasteiger partial charge in [-0.25, -0.2) is 0 Å². The van der Waals surface area contributed by atoms with Gasteiger partial charge in [0.1, 0.15) is 0 Å². The van der Waals surface area contributed by atoms with Crippen LogP contribution in [0, 0.1) is 11.3 Å². The summed E-state index contributed by atoms with van der Waals surface area (Å²) in [6.45, 7) is 6.72. The maximum atomic E-state index is 9.36. The third-order valence-corrected chi connectivity index (χ3v) is 2.53. The molecule has 0 saturated heterocycles. The highest BCUT2D eigenvalue weighted by atomic mass is 16.3. The van der Waals surface area contributed by atoms with Crippen LogP contribution in [0.15, 0.2) is 12.2 Å². The molecule has 1 heteroatoms. The highest BCUT2D eigenvalue weighted by molar-refractivity contribution is 4.98. The summed E-state index contributed by atoms with van der Waals surface area (Å²) >= 11 is 0. The maximum absolute atomic E-state index is 9.36. The average Bonchev–Trinajstić information content (AvgIpc) is 1.86. The van der Waals surface area contributed by atoms with Crippen LogP contribution < -0.4 is 0 Å². The van der Waals surface area contributed by atoms with Gasteiger partial charge in [-0.15, -0.1) is 0 Å². The number of rotatable bonds is 0. The van der Waals surface area contributed by atoms with Gasteiger partial charge in [0.25, 0.3) is 0 Å². The lowest BCUT2D eigenvalue weighted by atomic mass is 9.74. The van der Waals surface area contributed by atoms with Gasteiger partial charge in [-0.3, -0.25) is 0 Å². The van der Waals surface area contributed by atoms with Crippen LogP contribution in [0.3, 0.4) is 0 Å². The van der Waals surface area contributed by atoms with E-state index in [4.69, 9.17) is 0 Å². The largest absolute Gasteiger partial charge is 0.389 e. The van der Waals surface area contributed by atoms with Crippen LogP contribution in [0.5, 0.6) is 0 Å². The first-order chi connectivity index (χ1) is 5.00. The second-order valence-electron chi connectivity index (χ2n) is 4.53. The van der Waals surface area contributed by atoms with E-state index in [2.05, 4.69) is 26.8 Å². The molecule has 64 valence electrons. The molecule has 0 radical (unpaired) electrons. The van der Waals surface area contributed by atoms with Crippen molar-refractivity contribution in [2.24, 2.45) is 11.3 Å². The molecular weight excluding hydrogens is 136 g/mol. The summed E-state index contributed by atoms with van der Waals surface area (Å²) in [4.78, 5) is 0. The average molecular weight is 154 g/mol. The molecule has 1 rings (SSSR count). The van der Waals surface area contributed by atoms with Crippen LogP contribution in [0.4, 0.5) is 0 Å². The highest BCUT2D eigenvalue weighted by Gasteiger charge is 2.27. The van der Waals surface area contributed by atoms with E-state index in [0.717, 1.165) is 12.8 Å². The Morgan fingerprint density at radius 3 is 2.36 bits per heavy atom. The van der Waals surface area contributed by atoms with Crippen LogP contribution in [0.25, 0.3) is 0 Å². The van der Waals surface area contributed by atoms with Gasteiger partial charge < -0.3 is 5.11 Å². The Labute approximate surface area is 69.1 Å². The third kappa shape index (κ3) is 2.33. The predicted octanol–water partition coefficient (Wildman–Crippen LogP) is 2.36. The summed E-state index contributed by atoms with van der Waals surface area (Å²) in [6, 6.07) is 0. The Balaban J connectivity index is 2.57. The maximum Gasteiger partial charge on any atom is 0.0723 e. The molecule has 0 aromatic carbocycles. The van der Waals surface area contributed by atoms with Gasteiger partial charge in [-0.2, -0.15) is 0 Å². The molecule has 0 amide bonds. The fourth-order valence-corrected chi connectivity index (χ4v) is 1.57. The molecule has 0 bridgehead atoms. The van der Waals surface area contributed by atoms with Gasteiger partial charge in [-0.1, -0.05) is 32.9 Å². The van der Waals surface area contributed by atoms with Gasteiger partial charge in [0.2, 0.25) is 0 Å². The lowest BCUT2D eigenvalue weighted by Gasteiger charge is -2.33. The van der Waals surface area contributed by atoms with Crippen LogP contribution >= 0.6 is 0 Å².